The second-order valence-electron chi connectivity index (χ2n) is 6.81. The van der Waals surface area contributed by atoms with E-state index in [4.69, 9.17) is 0 Å². The molecule has 0 N–H and O–H groups in total. The van der Waals surface area contributed by atoms with Crippen LogP contribution in [0.4, 0.5) is 11.4 Å². The van der Waals surface area contributed by atoms with Gasteiger partial charge in [-0.3, -0.25) is 14.9 Å². The zero-order valence-electron chi connectivity index (χ0n) is 14.5. The van der Waals surface area contributed by atoms with Crippen molar-refractivity contribution < 1.29 is 9.72 Å². The second kappa shape index (κ2) is 6.16. The Labute approximate surface area is 146 Å². The van der Waals surface area contributed by atoms with Crippen molar-refractivity contribution in [1.82, 2.24) is 0 Å². The molecule has 3 rings (SSSR count). The van der Waals surface area contributed by atoms with Crippen molar-refractivity contribution in [3.63, 3.8) is 0 Å². The summed E-state index contributed by atoms with van der Waals surface area (Å²) in [6, 6.07) is 13.8. The lowest BCUT2D eigenvalue weighted by molar-refractivity contribution is -0.384. The summed E-state index contributed by atoms with van der Waals surface area (Å²) in [5.74, 6) is -0.0641. The second-order valence-corrected chi connectivity index (χ2v) is 6.81. The number of non-ortho nitro benzene ring substituents is 1. The maximum absolute atomic E-state index is 12.7. The van der Waals surface area contributed by atoms with E-state index in [9.17, 15) is 14.9 Å². The largest absolute Gasteiger partial charge is 0.355 e. The van der Waals surface area contributed by atoms with E-state index in [2.05, 4.69) is 37.8 Å². The average Bonchev–Trinajstić information content (AvgIpc) is 2.58. The predicted octanol–water partition coefficient (Wildman–Crippen LogP) is 4.48. The Hall–Kier alpha value is -2.95. The van der Waals surface area contributed by atoms with Gasteiger partial charge >= 0.3 is 0 Å². The van der Waals surface area contributed by atoms with Crippen molar-refractivity contribution in [3.8, 4) is 0 Å². The molecule has 2 aromatic rings. The third-order valence-electron chi connectivity index (χ3n) is 4.59. The molecule has 0 spiro atoms. The van der Waals surface area contributed by atoms with Gasteiger partial charge in [0.05, 0.1) is 17.0 Å². The maximum Gasteiger partial charge on any atom is 0.269 e. The van der Waals surface area contributed by atoms with Crippen LogP contribution in [0.3, 0.4) is 0 Å². The molecular weight excluding hydrogens is 316 g/mol. The van der Waals surface area contributed by atoms with Gasteiger partial charge in [0.25, 0.3) is 5.69 Å². The number of carbonyl (C=O) groups excluding carboxylic acids is 1. The van der Waals surface area contributed by atoms with Gasteiger partial charge in [-0.25, -0.2) is 0 Å². The minimum atomic E-state index is -0.466. The van der Waals surface area contributed by atoms with Gasteiger partial charge < -0.3 is 4.90 Å². The summed E-state index contributed by atoms with van der Waals surface area (Å²) in [7, 11) is 0. The van der Waals surface area contributed by atoms with Crippen LogP contribution in [0, 0.1) is 10.1 Å². The first-order valence-electron chi connectivity index (χ1n) is 8.14. The molecule has 128 valence electrons. The molecule has 0 aliphatic carbocycles. The molecule has 0 unspecified atom stereocenters. The highest BCUT2D eigenvalue weighted by Crippen LogP contribution is 2.38. The molecule has 5 heteroatoms. The lowest BCUT2D eigenvalue weighted by atomic mass is 9.88. The molecule has 1 heterocycles. The van der Waals surface area contributed by atoms with Gasteiger partial charge in [0.15, 0.2) is 5.78 Å². The van der Waals surface area contributed by atoms with Crippen molar-refractivity contribution in [3.05, 3.63) is 75.8 Å². The molecule has 1 aliphatic rings. The number of hydrogen-bond acceptors (Lipinski definition) is 4. The number of nitrogens with zero attached hydrogens (tertiary/aromatic N) is 2. The maximum atomic E-state index is 12.7. The monoisotopic (exact) mass is 336 g/mol. The fraction of sp³-hybridized carbons (Fsp3) is 0.250. The molecule has 0 amide bonds. The van der Waals surface area contributed by atoms with E-state index >= 15 is 0 Å². The number of rotatable bonds is 4. The summed E-state index contributed by atoms with van der Waals surface area (Å²) in [6.45, 7) is 6.45. The molecular formula is C20H20N2O3. The van der Waals surface area contributed by atoms with Gasteiger partial charge in [-0.2, -0.15) is 0 Å². The van der Waals surface area contributed by atoms with E-state index in [1.807, 2.05) is 18.2 Å². The highest BCUT2D eigenvalue weighted by molar-refractivity contribution is 6.00. The van der Waals surface area contributed by atoms with Crippen molar-refractivity contribution in [2.75, 3.05) is 11.4 Å². The van der Waals surface area contributed by atoms with E-state index in [1.54, 1.807) is 0 Å². The molecule has 0 fully saturated rings. The smallest absolute Gasteiger partial charge is 0.269 e. The molecule has 0 saturated carbocycles. The van der Waals surface area contributed by atoms with E-state index < -0.39 is 4.92 Å². The first kappa shape index (κ1) is 16.9. The van der Waals surface area contributed by atoms with Crippen molar-refractivity contribution in [2.24, 2.45) is 0 Å². The number of hydrogen-bond donors (Lipinski definition) is 0. The highest BCUT2D eigenvalue weighted by atomic mass is 16.6. The Morgan fingerprint density at radius 2 is 1.76 bits per heavy atom. The fourth-order valence-corrected chi connectivity index (χ4v) is 3.33. The summed E-state index contributed by atoms with van der Waals surface area (Å²) in [5, 5.41) is 10.8. The van der Waals surface area contributed by atoms with Crippen LogP contribution in [0.25, 0.3) is 5.57 Å². The molecule has 2 aromatic carbocycles. The molecule has 0 saturated heterocycles. The number of anilines is 1. The summed E-state index contributed by atoms with van der Waals surface area (Å²) in [5.41, 5.74) is 3.51. The first-order valence-corrected chi connectivity index (χ1v) is 8.14. The lowest BCUT2D eigenvalue weighted by Crippen LogP contribution is -2.47. The summed E-state index contributed by atoms with van der Waals surface area (Å²) in [4.78, 5) is 25.1. The summed E-state index contributed by atoms with van der Waals surface area (Å²) in [6.07, 6.45) is 2.17. The van der Waals surface area contributed by atoms with Gasteiger partial charge in [-0.15, -0.1) is 0 Å². The van der Waals surface area contributed by atoms with Crippen LogP contribution in [0.1, 0.15) is 36.7 Å². The van der Waals surface area contributed by atoms with E-state index in [1.165, 1.54) is 29.8 Å². The first-order chi connectivity index (χ1) is 11.8. The standard InChI is InChI=1S/C20H20N2O3/c1-14-12-20(2,3)21(18-7-5-4-6-17(14)18)13-19(23)15-8-10-16(11-9-15)22(24)25/h4-12H,13H2,1-3H3. The molecule has 0 bridgehead atoms. The number of allylic oxidation sites excluding steroid dienone is 1. The van der Waals surface area contributed by atoms with E-state index in [0.29, 0.717) is 5.56 Å². The lowest BCUT2D eigenvalue weighted by Gasteiger charge is -2.42. The minimum absolute atomic E-state index is 0.0150. The number of Topliss-reactive ketones (excluding diaryl/α,β-unsaturated/α-hetero) is 1. The molecule has 5 nitrogen and oxygen atoms in total. The van der Waals surface area contributed by atoms with Gasteiger partial charge in [-0.05, 0) is 44.5 Å². The molecule has 25 heavy (non-hydrogen) atoms. The topological polar surface area (TPSA) is 63.5 Å². The Morgan fingerprint density at radius 3 is 2.40 bits per heavy atom. The van der Waals surface area contributed by atoms with Crippen LogP contribution in [-0.4, -0.2) is 22.8 Å². The number of ketones is 1. The molecule has 1 aliphatic heterocycles. The zero-order chi connectivity index (χ0) is 18.2. The van der Waals surface area contributed by atoms with Gasteiger partial charge in [-0.1, -0.05) is 24.3 Å². The number of fused-ring (bicyclic) bond motifs is 1. The van der Waals surface area contributed by atoms with Crippen LogP contribution >= 0.6 is 0 Å². The number of nitro groups is 1. The Bertz CT molecular complexity index is 867. The Morgan fingerprint density at radius 1 is 1.12 bits per heavy atom. The van der Waals surface area contributed by atoms with Crippen LogP contribution in [0.2, 0.25) is 0 Å². The summed E-state index contributed by atoms with van der Waals surface area (Å²) >= 11 is 0. The Kier molecular flexibility index (Phi) is 4.17. The van der Waals surface area contributed by atoms with Gasteiger partial charge in [0, 0.05) is 28.9 Å². The minimum Gasteiger partial charge on any atom is -0.355 e. The van der Waals surface area contributed by atoms with E-state index in [-0.39, 0.29) is 23.6 Å². The van der Waals surface area contributed by atoms with Crippen LogP contribution < -0.4 is 4.90 Å². The van der Waals surface area contributed by atoms with Gasteiger partial charge in [0.2, 0.25) is 0 Å². The van der Waals surface area contributed by atoms with Crippen molar-refractivity contribution in [2.45, 2.75) is 26.3 Å². The van der Waals surface area contributed by atoms with E-state index in [0.717, 1.165) is 11.3 Å². The summed E-state index contributed by atoms with van der Waals surface area (Å²) < 4.78 is 0. The van der Waals surface area contributed by atoms with Crippen molar-refractivity contribution in [1.29, 1.82) is 0 Å². The zero-order valence-corrected chi connectivity index (χ0v) is 14.5. The average molecular weight is 336 g/mol. The number of para-hydroxylation sites is 1. The normalized spacial score (nSPS) is 15.3. The predicted molar refractivity (Wildman–Crippen MR) is 98.9 cm³/mol. The SMILES string of the molecule is CC1=CC(C)(C)N(CC(=O)c2ccc([N+](=O)[O-])cc2)c2ccccc21. The molecule has 0 radical (unpaired) electrons. The quantitative estimate of drug-likeness (QED) is 0.469. The Balaban J connectivity index is 1.91. The highest BCUT2D eigenvalue weighted by Gasteiger charge is 2.32. The fourth-order valence-electron chi connectivity index (χ4n) is 3.33. The van der Waals surface area contributed by atoms with Crippen LogP contribution in [0.15, 0.2) is 54.6 Å². The number of carbonyl (C=O) groups is 1. The van der Waals surface area contributed by atoms with Crippen molar-refractivity contribution >= 4 is 22.7 Å². The van der Waals surface area contributed by atoms with Crippen LogP contribution in [0.5, 0.6) is 0 Å². The molecule has 0 aromatic heterocycles. The van der Waals surface area contributed by atoms with Crippen LogP contribution in [-0.2, 0) is 0 Å². The number of benzene rings is 2. The number of nitro benzene ring substituents is 1. The van der Waals surface area contributed by atoms with Gasteiger partial charge in [0.1, 0.15) is 0 Å². The third kappa shape index (κ3) is 3.18. The molecule has 0 atom stereocenters. The third-order valence-corrected chi connectivity index (χ3v) is 4.59.